The Labute approximate surface area is 71.6 Å². The van der Waals surface area contributed by atoms with Gasteiger partial charge < -0.3 is 10.5 Å². The van der Waals surface area contributed by atoms with Crippen molar-refractivity contribution in [2.24, 2.45) is 0 Å². The summed E-state index contributed by atoms with van der Waals surface area (Å²) in [6.45, 7) is 3.42. The molecule has 0 bridgehead atoms. The standard InChI is InChI=1S/C9H12N2O/c1-6-4-7-5-12-3-2-8(7)11-9(6)10/h4H,2-3,5H2,1H3,(H2,10,11). The minimum atomic E-state index is 0.649. The molecule has 1 aliphatic rings. The Hall–Kier alpha value is -1.09. The second-order valence-electron chi connectivity index (χ2n) is 3.10. The molecule has 0 aliphatic carbocycles. The predicted molar refractivity (Wildman–Crippen MR) is 46.7 cm³/mol. The van der Waals surface area contributed by atoms with Crippen LogP contribution in [-0.2, 0) is 17.8 Å². The highest BCUT2D eigenvalue weighted by Gasteiger charge is 2.11. The Morgan fingerprint density at radius 1 is 1.58 bits per heavy atom. The Morgan fingerprint density at radius 3 is 3.25 bits per heavy atom. The van der Waals surface area contributed by atoms with Crippen molar-refractivity contribution in [3.63, 3.8) is 0 Å². The van der Waals surface area contributed by atoms with Gasteiger partial charge in [-0.2, -0.15) is 0 Å². The quantitative estimate of drug-likeness (QED) is 0.623. The number of fused-ring (bicyclic) bond motifs is 1. The summed E-state index contributed by atoms with van der Waals surface area (Å²) in [5.74, 6) is 0.649. The highest BCUT2D eigenvalue weighted by molar-refractivity contribution is 5.43. The Kier molecular flexibility index (Phi) is 1.73. The molecule has 0 unspecified atom stereocenters. The minimum absolute atomic E-state index is 0.649. The maximum Gasteiger partial charge on any atom is 0.126 e. The summed E-state index contributed by atoms with van der Waals surface area (Å²) < 4.78 is 5.31. The predicted octanol–water partition coefficient (Wildman–Crippen LogP) is 1.04. The van der Waals surface area contributed by atoms with E-state index >= 15 is 0 Å². The van der Waals surface area contributed by atoms with Gasteiger partial charge in [0, 0.05) is 6.42 Å². The first-order valence-electron chi connectivity index (χ1n) is 4.10. The Balaban J connectivity index is 2.49. The molecule has 1 aliphatic heterocycles. The van der Waals surface area contributed by atoms with Gasteiger partial charge >= 0.3 is 0 Å². The summed E-state index contributed by atoms with van der Waals surface area (Å²) in [4.78, 5) is 4.31. The zero-order chi connectivity index (χ0) is 8.55. The first kappa shape index (κ1) is 7.55. The highest BCUT2D eigenvalue weighted by Crippen LogP contribution is 2.18. The average Bonchev–Trinajstić information content (AvgIpc) is 2.07. The fraction of sp³-hybridized carbons (Fsp3) is 0.444. The Morgan fingerprint density at radius 2 is 2.42 bits per heavy atom. The van der Waals surface area contributed by atoms with E-state index in [-0.39, 0.29) is 0 Å². The maximum absolute atomic E-state index is 5.69. The van der Waals surface area contributed by atoms with Gasteiger partial charge in [-0.15, -0.1) is 0 Å². The summed E-state index contributed by atoms with van der Waals surface area (Å²) >= 11 is 0. The largest absolute Gasteiger partial charge is 0.383 e. The number of anilines is 1. The lowest BCUT2D eigenvalue weighted by molar-refractivity contribution is 0.109. The molecule has 0 fully saturated rings. The van der Waals surface area contributed by atoms with Crippen molar-refractivity contribution in [1.29, 1.82) is 0 Å². The summed E-state index contributed by atoms with van der Waals surface area (Å²) in [5, 5.41) is 0. The molecule has 12 heavy (non-hydrogen) atoms. The molecule has 2 heterocycles. The number of nitrogens with zero attached hydrogens (tertiary/aromatic N) is 1. The van der Waals surface area contributed by atoms with E-state index < -0.39 is 0 Å². The van der Waals surface area contributed by atoms with Gasteiger partial charge in [-0.1, -0.05) is 0 Å². The zero-order valence-corrected chi connectivity index (χ0v) is 7.13. The summed E-state index contributed by atoms with van der Waals surface area (Å²) in [7, 11) is 0. The van der Waals surface area contributed by atoms with Crippen LogP contribution in [-0.4, -0.2) is 11.6 Å². The van der Waals surface area contributed by atoms with Crippen LogP contribution in [0, 0.1) is 6.92 Å². The molecular weight excluding hydrogens is 152 g/mol. The van der Waals surface area contributed by atoms with E-state index in [4.69, 9.17) is 10.5 Å². The molecule has 0 saturated heterocycles. The third-order valence-electron chi connectivity index (χ3n) is 2.16. The summed E-state index contributed by atoms with van der Waals surface area (Å²) in [5.41, 5.74) is 9.02. The number of pyridine rings is 1. The molecule has 2 rings (SSSR count). The van der Waals surface area contributed by atoms with Gasteiger partial charge in [0.1, 0.15) is 5.82 Å². The van der Waals surface area contributed by atoms with E-state index in [1.807, 2.05) is 6.92 Å². The minimum Gasteiger partial charge on any atom is -0.383 e. The van der Waals surface area contributed by atoms with E-state index in [2.05, 4.69) is 11.1 Å². The molecule has 0 radical (unpaired) electrons. The highest BCUT2D eigenvalue weighted by atomic mass is 16.5. The lowest BCUT2D eigenvalue weighted by Gasteiger charge is -2.16. The fourth-order valence-corrected chi connectivity index (χ4v) is 1.42. The number of nitrogen functional groups attached to an aromatic ring is 1. The van der Waals surface area contributed by atoms with E-state index in [1.165, 1.54) is 5.56 Å². The van der Waals surface area contributed by atoms with Crippen molar-refractivity contribution in [3.05, 3.63) is 22.9 Å². The molecule has 0 saturated carbocycles. The normalized spacial score (nSPS) is 15.8. The van der Waals surface area contributed by atoms with Crippen molar-refractivity contribution in [2.75, 3.05) is 12.3 Å². The molecular formula is C9H12N2O. The van der Waals surface area contributed by atoms with Gasteiger partial charge in [0.05, 0.1) is 18.9 Å². The molecule has 1 aromatic heterocycles. The summed E-state index contributed by atoms with van der Waals surface area (Å²) in [6.07, 6.45) is 0.889. The molecule has 3 nitrogen and oxygen atoms in total. The van der Waals surface area contributed by atoms with Crippen LogP contribution in [0.3, 0.4) is 0 Å². The van der Waals surface area contributed by atoms with Crippen LogP contribution in [0.2, 0.25) is 0 Å². The van der Waals surface area contributed by atoms with Gasteiger partial charge in [0.2, 0.25) is 0 Å². The molecule has 0 spiro atoms. The number of hydrogen-bond donors (Lipinski definition) is 1. The van der Waals surface area contributed by atoms with Gasteiger partial charge in [-0.25, -0.2) is 4.98 Å². The first-order valence-corrected chi connectivity index (χ1v) is 4.10. The van der Waals surface area contributed by atoms with Crippen molar-refractivity contribution in [1.82, 2.24) is 4.98 Å². The van der Waals surface area contributed by atoms with Gasteiger partial charge in [0.15, 0.2) is 0 Å². The number of aryl methyl sites for hydroxylation is 1. The molecule has 1 aromatic rings. The lowest BCUT2D eigenvalue weighted by atomic mass is 10.1. The van der Waals surface area contributed by atoms with Crippen LogP contribution >= 0.6 is 0 Å². The molecule has 0 aromatic carbocycles. The third-order valence-corrected chi connectivity index (χ3v) is 2.16. The van der Waals surface area contributed by atoms with Crippen molar-refractivity contribution >= 4 is 5.82 Å². The van der Waals surface area contributed by atoms with Crippen LogP contribution in [0.4, 0.5) is 5.82 Å². The number of aromatic nitrogens is 1. The molecule has 3 heteroatoms. The number of rotatable bonds is 0. The van der Waals surface area contributed by atoms with Crippen LogP contribution in [0.15, 0.2) is 6.07 Å². The van der Waals surface area contributed by atoms with Crippen LogP contribution in [0.5, 0.6) is 0 Å². The van der Waals surface area contributed by atoms with Crippen LogP contribution in [0.25, 0.3) is 0 Å². The zero-order valence-electron chi connectivity index (χ0n) is 7.13. The van der Waals surface area contributed by atoms with Crippen LogP contribution in [0.1, 0.15) is 16.8 Å². The van der Waals surface area contributed by atoms with Gasteiger partial charge in [-0.05, 0) is 24.1 Å². The van der Waals surface area contributed by atoms with Crippen molar-refractivity contribution in [2.45, 2.75) is 20.0 Å². The van der Waals surface area contributed by atoms with Gasteiger partial charge in [-0.3, -0.25) is 0 Å². The van der Waals surface area contributed by atoms with Gasteiger partial charge in [0.25, 0.3) is 0 Å². The monoisotopic (exact) mass is 164 g/mol. The second kappa shape index (κ2) is 2.75. The maximum atomic E-state index is 5.69. The molecule has 0 amide bonds. The molecule has 0 atom stereocenters. The Bertz CT molecular complexity index is 279. The van der Waals surface area contributed by atoms with E-state index in [9.17, 15) is 0 Å². The third kappa shape index (κ3) is 1.16. The molecule has 2 N–H and O–H groups in total. The lowest BCUT2D eigenvalue weighted by Crippen LogP contribution is -2.13. The molecule has 64 valence electrons. The average molecular weight is 164 g/mol. The first-order chi connectivity index (χ1) is 5.77. The van der Waals surface area contributed by atoms with E-state index in [1.54, 1.807) is 0 Å². The SMILES string of the molecule is Cc1cc2c(nc1N)CCOC2. The smallest absolute Gasteiger partial charge is 0.126 e. The van der Waals surface area contributed by atoms with Crippen molar-refractivity contribution < 1.29 is 4.74 Å². The van der Waals surface area contributed by atoms with Crippen LogP contribution < -0.4 is 5.73 Å². The number of nitrogens with two attached hydrogens (primary N) is 1. The summed E-state index contributed by atoms with van der Waals surface area (Å²) in [6, 6.07) is 2.07. The van der Waals surface area contributed by atoms with Crippen molar-refractivity contribution in [3.8, 4) is 0 Å². The van der Waals surface area contributed by atoms with E-state index in [0.29, 0.717) is 12.4 Å². The van der Waals surface area contributed by atoms with E-state index in [0.717, 1.165) is 24.3 Å². The number of ether oxygens (including phenoxy) is 1. The topological polar surface area (TPSA) is 48.1 Å². The second-order valence-corrected chi connectivity index (χ2v) is 3.10. The fourth-order valence-electron chi connectivity index (χ4n) is 1.42. The number of hydrogen-bond acceptors (Lipinski definition) is 3.